The molecular formula is C20H30N2O7. The Balaban J connectivity index is 2.76. The highest BCUT2D eigenvalue weighted by atomic mass is 16.6. The van der Waals surface area contributed by atoms with Crippen molar-refractivity contribution >= 4 is 23.7 Å². The van der Waals surface area contributed by atoms with Crippen LogP contribution in [0.2, 0.25) is 0 Å². The fourth-order valence-corrected chi connectivity index (χ4v) is 2.17. The van der Waals surface area contributed by atoms with E-state index in [1.807, 2.05) is 0 Å². The topological polar surface area (TPSA) is 131 Å². The summed E-state index contributed by atoms with van der Waals surface area (Å²) in [6.45, 7) is 10.3. The van der Waals surface area contributed by atoms with Gasteiger partial charge in [0.25, 0.3) is 0 Å². The van der Waals surface area contributed by atoms with E-state index in [2.05, 4.69) is 5.32 Å². The molecule has 0 aliphatic carbocycles. The molecule has 1 atom stereocenters. The quantitative estimate of drug-likeness (QED) is 0.400. The van der Waals surface area contributed by atoms with Crippen molar-refractivity contribution in [3.63, 3.8) is 0 Å². The summed E-state index contributed by atoms with van der Waals surface area (Å²) in [6, 6.07) is 4.79. The second-order valence-corrected chi connectivity index (χ2v) is 8.43. The Morgan fingerprint density at radius 2 is 1.55 bits per heavy atom. The summed E-state index contributed by atoms with van der Waals surface area (Å²) >= 11 is 0. The minimum absolute atomic E-state index is 0.0109. The third-order valence-electron chi connectivity index (χ3n) is 3.27. The van der Waals surface area contributed by atoms with Crippen molar-refractivity contribution in [2.75, 3.05) is 0 Å². The number of hydrogen-bond donors (Lipinski definition) is 2. The van der Waals surface area contributed by atoms with Crippen molar-refractivity contribution in [3.05, 3.63) is 29.5 Å². The van der Waals surface area contributed by atoms with Crippen LogP contribution in [0.5, 0.6) is 5.75 Å². The third kappa shape index (κ3) is 10.5. The molecular weight excluding hydrogens is 380 g/mol. The van der Waals surface area contributed by atoms with E-state index in [0.717, 1.165) is 0 Å². The first-order chi connectivity index (χ1) is 13.3. The lowest BCUT2D eigenvalue weighted by molar-refractivity contribution is -0.497. The average molecular weight is 410 g/mol. The molecule has 29 heavy (non-hydrogen) atoms. The van der Waals surface area contributed by atoms with Crippen LogP contribution >= 0.6 is 0 Å². The predicted octanol–water partition coefficient (Wildman–Crippen LogP) is 2.30. The largest absolute Gasteiger partial charge is 0.630 e. The SMILES string of the molecule is CC(C)(C)OC(=O)CC[C@H](NC(=O)Oc1ccc([NH2+][O-])cc1)C(=O)OC(C)(C)C. The minimum Gasteiger partial charge on any atom is -0.630 e. The van der Waals surface area contributed by atoms with E-state index >= 15 is 0 Å². The van der Waals surface area contributed by atoms with Crippen molar-refractivity contribution in [1.29, 1.82) is 0 Å². The number of esters is 2. The summed E-state index contributed by atoms with van der Waals surface area (Å²) in [7, 11) is 0. The number of carbonyl (C=O) groups excluding carboxylic acids is 3. The number of rotatable bonds is 7. The van der Waals surface area contributed by atoms with E-state index in [0.29, 0.717) is 11.2 Å². The summed E-state index contributed by atoms with van der Waals surface area (Å²) in [4.78, 5) is 36.6. The van der Waals surface area contributed by atoms with Gasteiger partial charge in [0.1, 0.15) is 28.7 Å². The fourth-order valence-electron chi connectivity index (χ4n) is 2.17. The Labute approximate surface area is 170 Å². The highest BCUT2D eigenvalue weighted by Crippen LogP contribution is 2.15. The average Bonchev–Trinajstić information content (AvgIpc) is 2.56. The standard InChI is InChI=1S/C20H30N2O7/c1-19(2,3)28-16(23)12-11-15(17(24)29-20(4,5)6)21-18(25)27-14-9-7-13(22-26)8-10-14/h7-10,15H,11-12,22H2,1-6H3,(H,21,25)/t15-/m0/s1. The van der Waals surface area contributed by atoms with Gasteiger partial charge in [-0.3, -0.25) is 4.79 Å². The number of carbonyl (C=O) groups is 3. The van der Waals surface area contributed by atoms with Crippen LogP contribution in [0.25, 0.3) is 0 Å². The van der Waals surface area contributed by atoms with Crippen LogP contribution in [0, 0.1) is 5.21 Å². The lowest BCUT2D eigenvalue weighted by atomic mass is 10.1. The van der Waals surface area contributed by atoms with E-state index in [4.69, 9.17) is 14.2 Å². The van der Waals surface area contributed by atoms with Crippen molar-refractivity contribution in [2.45, 2.75) is 71.6 Å². The highest BCUT2D eigenvalue weighted by molar-refractivity contribution is 5.83. The number of ether oxygens (including phenoxy) is 3. The second kappa shape index (κ2) is 10.2. The first kappa shape index (κ1) is 24.4. The first-order valence-electron chi connectivity index (χ1n) is 9.27. The van der Waals surface area contributed by atoms with Crippen LogP contribution in [0.15, 0.2) is 24.3 Å². The predicted molar refractivity (Wildman–Crippen MR) is 105 cm³/mol. The fraction of sp³-hybridized carbons (Fsp3) is 0.550. The lowest BCUT2D eigenvalue weighted by Gasteiger charge is -2.25. The number of amides is 1. The van der Waals surface area contributed by atoms with E-state index < -0.39 is 35.3 Å². The molecule has 9 nitrogen and oxygen atoms in total. The molecule has 0 radical (unpaired) electrons. The molecule has 162 valence electrons. The van der Waals surface area contributed by atoms with Crippen LogP contribution < -0.4 is 15.5 Å². The van der Waals surface area contributed by atoms with Gasteiger partial charge in [0.05, 0.1) is 0 Å². The first-order valence-corrected chi connectivity index (χ1v) is 9.27. The van der Waals surface area contributed by atoms with Gasteiger partial charge in [-0.15, -0.1) is 0 Å². The van der Waals surface area contributed by atoms with Crippen LogP contribution in [-0.2, 0) is 19.1 Å². The Hall–Kier alpha value is -2.65. The van der Waals surface area contributed by atoms with Gasteiger partial charge in [-0.25, -0.2) is 9.59 Å². The molecule has 0 aliphatic rings. The Morgan fingerprint density at radius 1 is 1.00 bits per heavy atom. The van der Waals surface area contributed by atoms with Gasteiger partial charge in [-0.05, 0) is 60.1 Å². The maximum absolute atomic E-state index is 12.4. The molecule has 0 saturated carbocycles. The van der Waals surface area contributed by atoms with Gasteiger partial charge in [0, 0.05) is 18.6 Å². The molecule has 0 spiro atoms. The molecule has 1 rings (SSSR count). The van der Waals surface area contributed by atoms with E-state index in [9.17, 15) is 19.6 Å². The normalized spacial score (nSPS) is 12.7. The minimum atomic E-state index is -1.09. The Kier molecular flexibility index (Phi) is 8.59. The number of nitrogens with one attached hydrogen (secondary N) is 1. The molecule has 1 aromatic rings. The van der Waals surface area contributed by atoms with E-state index in [1.54, 1.807) is 41.5 Å². The molecule has 1 amide bonds. The number of hydrogen-bond acceptors (Lipinski definition) is 7. The summed E-state index contributed by atoms with van der Waals surface area (Å²) in [5, 5.41) is 13.1. The Bertz CT molecular complexity index is 703. The molecule has 1 aromatic carbocycles. The van der Waals surface area contributed by atoms with E-state index in [1.165, 1.54) is 24.3 Å². The summed E-state index contributed by atoms with van der Waals surface area (Å²) in [6.07, 6.45) is -0.984. The summed E-state index contributed by atoms with van der Waals surface area (Å²) in [5.74, 6) is -0.983. The van der Waals surface area contributed by atoms with Crippen molar-refractivity contribution in [2.24, 2.45) is 0 Å². The molecule has 0 unspecified atom stereocenters. The van der Waals surface area contributed by atoms with Gasteiger partial charge >= 0.3 is 18.0 Å². The van der Waals surface area contributed by atoms with Gasteiger partial charge in [0.15, 0.2) is 0 Å². The number of nitrogens with two attached hydrogens (primary N) is 1. The molecule has 0 bridgehead atoms. The monoisotopic (exact) mass is 410 g/mol. The van der Waals surface area contributed by atoms with Crippen LogP contribution in [0.3, 0.4) is 0 Å². The highest BCUT2D eigenvalue weighted by Gasteiger charge is 2.29. The van der Waals surface area contributed by atoms with Gasteiger partial charge < -0.3 is 30.2 Å². The smallest absolute Gasteiger partial charge is 0.413 e. The van der Waals surface area contributed by atoms with Crippen molar-refractivity contribution in [3.8, 4) is 5.75 Å². The van der Waals surface area contributed by atoms with E-state index in [-0.39, 0.29) is 18.6 Å². The van der Waals surface area contributed by atoms with Crippen LogP contribution in [-0.4, -0.2) is 35.3 Å². The van der Waals surface area contributed by atoms with Crippen molar-refractivity contribution in [1.82, 2.24) is 5.32 Å². The molecule has 0 aromatic heterocycles. The number of quaternary nitrogens is 1. The molecule has 9 heteroatoms. The Morgan fingerprint density at radius 3 is 2.03 bits per heavy atom. The zero-order valence-electron chi connectivity index (χ0n) is 17.7. The van der Waals surface area contributed by atoms with Gasteiger partial charge in [-0.1, -0.05) is 0 Å². The molecule has 0 saturated heterocycles. The maximum atomic E-state index is 12.4. The lowest BCUT2D eigenvalue weighted by Crippen LogP contribution is -2.70. The molecule has 3 N–H and O–H groups in total. The zero-order valence-corrected chi connectivity index (χ0v) is 17.7. The van der Waals surface area contributed by atoms with Gasteiger partial charge in [0.2, 0.25) is 0 Å². The summed E-state index contributed by atoms with van der Waals surface area (Å²) in [5.41, 5.74) is -0.323. The molecule has 0 fully saturated rings. The van der Waals surface area contributed by atoms with Crippen LogP contribution in [0.1, 0.15) is 54.4 Å². The third-order valence-corrected chi connectivity index (χ3v) is 3.27. The molecule has 0 heterocycles. The van der Waals surface area contributed by atoms with Crippen molar-refractivity contribution < 1.29 is 34.1 Å². The second-order valence-electron chi connectivity index (χ2n) is 8.43. The molecule has 0 aliphatic heterocycles. The maximum Gasteiger partial charge on any atom is 0.413 e. The zero-order chi connectivity index (χ0) is 22.2. The number of benzene rings is 1. The van der Waals surface area contributed by atoms with Crippen LogP contribution in [0.4, 0.5) is 10.5 Å². The van der Waals surface area contributed by atoms with Gasteiger partial charge in [-0.2, -0.15) is 0 Å². The summed E-state index contributed by atoms with van der Waals surface area (Å²) < 4.78 is 15.7.